The molecule has 3 N–H and O–H groups in total. The van der Waals surface area contributed by atoms with E-state index >= 15 is 4.39 Å². The van der Waals surface area contributed by atoms with Crippen molar-refractivity contribution in [1.29, 1.82) is 0 Å². The lowest BCUT2D eigenvalue weighted by Crippen LogP contribution is -2.66. The van der Waals surface area contributed by atoms with Crippen molar-refractivity contribution < 1.29 is 24.5 Å². The van der Waals surface area contributed by atoms with Crippen LogP contribution < -0.4 is 0 Å². The van der Waals surface area contributed by atoms with Crippen molar-refractivity contribution in [3.05, 3.63) is 23.8 Å². The Morgan fingerprint density at radius 3 is 2.61 bits per heavy atom. The van der Waals surface area contributed by atoms with Gasteiger partial charge in [0, 0.05) is 17.3 Å². The normalized spacial score (nSPS) is 49.1. The van der Waals surface area contributed by atoms with Crippen LogP contribution in [0.1, 0.15) is 59.8 Å². The summed E-state index contributed by atoms with van der Waals surface area (Å²) in [6, 6.07) is 0. The molecule has 8 atom stereocenters. The Morgan fingerprint density at radius 1 is 1.29 bits per heavy atom. The molecule has 0 bridgehead atoms. The monoisotopic (exact) mass is 394 g/mol. The average Bonchev–Trinajstić information content (AvgIpc) is 2.95. The molecule has 158 valence electrons. The summed E-state index contributed by atoms with van der Waals surface area (Å²) in [4.78, 5) is 12.3. The van der Waals surface area contributed by atoms with Crippen molar-refractivity contribution in [1.82, 2.24) is 0 Å². The highest BCUT2D eigenvalue weighted by molar-refractivity contribution is 5.89. The smallest absolute Gasteiger partial charge is 0.190 e. The van der Waals surface area contributed by atoms with Crippen molar-refractivity contribution >= 4 is 5.78 Å². The molecule has 4 rings (SSSR count). The van der Waals surface area contributed by atoms with Gasteiger partial charge in [0.15, 0.2) is 11.5 Å². The maximum absolute atomic E-state index is 16.7. The summed E-state index contributed by atoms with van der Waals surface area (Å²) in [5.74, 6) is -2.01. The number of hydrogen-bond acceptors (Lipinski definition) is 4. The molecule has 0 aromatic heterocycles. The molecule has 4 aliphatic rings. The fourth-order valence-corrected chi connectivity index (χ4v) is 6.86. The topological polar surface area (TPSA) is 77.8 Å². The summed E-state index contributed by atoms with van der Waals surface area (Å²) in [7, 11) is 0. The molecule has 0 radical (unpaired) electrons. The number of carbonyl (C=O) groups is 1. The molecular weight excluding hydrogens is 359 g/mol. The van der Waals surface area contributed by atoms with E-state index in [1.807, 2.05) is 32.9 Å². The van der Waals surface area contributed by atoms with Gasteiger partial charge >= 0.3 is 0 Å². The SMILES string of the molecule is CC.C[C@@H]1C[C@@H]2C(C[C@H](O)[C@@]3(F)[C@H]2CCC2=CCC=C[C@@]23C)[C@@]1(O)C(=O)CO. The molecule has 5 heteroatoms. The van der Waals surface area contributed by atoms with Gasteiger partial charge in [-0.1, -0.05) is 44.6 Å². The fraction of sp³-hybridized carbons (Fsp3) is 0.783. The van der Waals surface area contributed by atoms with Crippen molar-refractivity contribution in [2.24, 2.45) is 29.1 Å². The summed E-state index contributed by atoms with van der Waals surface area (Å²) in [5, 5.41) is 31.5. The second kappa shape index (κ2) is 7.33. The molecule has 0 aromatic carbocycles. The van der Waals surface area contributed by atoms with Gasteiger partial charge in [-0.05, 0) is 50.9 Å². The predicted octanol–water partition coefficient (Wildman–Crippen LogP) is 3.35. The molecule has 3 saturated carbocycles. The lowest BCUT2D eigenvalue weighted by atomic mass is 9.48. The maximum atomic E-state index is 16.7. The lowest BCUT2D eigenvalue weighted by molar-refractivity contribution is -0.191. The molecule has 4 nitrogen and oxygen atoms in total. The van der Waals surface area contributed by atoms with E-state index in [9.17, 15) is 20.1 Å². The van der Waals surface area contributed by atoms with Crippen LogP contribution in [0.2, 0.25) is 0 Å². The second-order valence-electron chi connectivity index (χ2n) is 9.05. The van der Waals surface area contributed by atoms with Gasteiger partial charge < -0.3 is 15.3 Å². The fourth-order valence-electron chi connectivity index (χ4n) is 6.86. The van der Waals surface area contributed by atoms with Crippen LogP contribution in [0.15, 0.2) is 23.8 Å². The maximum Gasteiger partial charge on any atom is 0.190 e. The first kappa shape index (κ1) is 21.7. The quantitative estimate of drug-likeness (QED) is 0.628. The zero-order valence-electron chi connectivity index (χ0n) is 17.5. The van der Waals surface area contributed by atoms with E-state index < -0.39 is 47.0 Å². The van der Waals surface area contributed by atoms with E-state index in [-0.39, 0.29) is 18.3 Å². The van der Waals surface area contributed by atoms with Crippen molar-refractivity contribution in [2.45, 2.75) is 77.2 Å². The molecule has 1 unspecified atom stereocenters. The molecule has 0 amide bonds. The summed E-state index contributed by atoms with van der Waals surface area (Å²) < 4.78 is 16.7. The highest BCUT2D eigenvalue weighted by atomic mass is 19.1. The summed E-state index contributed by atoms with van der Waals surface area (Å²) >= 11 is 0. The summed E-state index contributed by atoms with van der Waals surface area (Å²) in [6.45, 7) is 6.96. The minimum absolute atomic E-state index is 0.0565. The van der Waals surface area contributed by atoms with Crippen molar-refractivity contribution in [3.8, 4) is 0 Å². The number of aliphatic hydroxyl groups is 3. The van der Waals surface area contributed by atoms with Crippen molar-refractivity contribution in [3.63, 3.8) is 0 Å². The average molecular weight is 395 g/mol. The van der Waals surface area contributed by atoms with Gasteiger partial charge in [-0.2, -0.15) is 0 Å². The van der Waals surface area contributed by atoms with Crippen LogP contribution in [-0.4, -0.2) is 45.1 Å². The number of alkyl halides is 1. The highest BCUT2D eigenvalue weighted by Gasteiger charge is 2.71. The van der Waals surface area contributed by atoms with E-state index in [1.165, 1.54) is 0 Å². The first-order valence-corrected chi connectivity index (χ1v) is 10.8. The number of rotatable bonds is 2. The standard InChI is InChI=1S/C21H29FO4.C2H6/c1-12-9-14-15-7-6-13-5-3-4-8-19(13,2)21(15,22)17(24)10-16(14)20(12,26)18(25)11-23;1-2/h4-5,8,12,14-17,23-24,26H,3,6-7,9-11H2,1-2H3;1-2H3/t12-,14+,15+,16?,17+,19+,20-,21+;/m1./s1. The number of allylic oxidation sites excluding steroid dienone is 4. The van der Waals surface area contributed by atoms with Crippen molar-refractivity contribution in [2.75, 3.05) is 6.61 Å². The number of ketones is 1. The van der Waals surface area contributed by atoms with Gasteiger partial charge in [0.2, 0.25) is 0 Å². The zero-order chi connectivity index (χ0) is 20.9. The Bertz CT molecular complexity index is 688. The van der Waals surface area contributed by atoms with Crippen LogP contribution in [0, 0.1) is 29.1 Å². The van der Waals surface area contributed by atoms with Crippen LogP contribution in [0.4, 0.5) is 4.39 Å². The first-order chi connectivity index (χ1) is 13.2. The van der Waals surface area contributed by atoms with E-state index in [1.54, 1.807) is 6.92 Å². The number of halogens is 1. The minimum Gasteiger partial charge on any atom is -0.390 e. The third-order valence-corrected chi connectivity index (χ3v) is 8.21. The Hall–Kier alpha value is -1.04. The number of Topliss-reactive ketones (excluding diaryl/α,β-unsaturated/α-hetero) is 1. The van der Waals surface area contributed by atoms with E-state index in [2.05, 4.69) is 6.08 Å². The van der Waals surface area contributed by atoms with Gasteiger partial charge in [-0.3, -0.25) is 4.79 Å². The molecule has 4 aliphatic carbocycles. The Kier molecular flexibility index (Phi) is 5.67. The molecule has 0 spiro atoms. The van der Waals surface area contributed by atoms with Crippen LogP contribution in [0.3, 0.4) is 0 Å². The van der Waals surface area contributed by atoms with E-state index in [0.717, 1.165) is 18.4 Å². The zero-order valence-corrected chi connectivity index (χ0v) is 17.5. The molecule has 28 heavy (non-hydrogen) atoms. The summed E-state index contributed by atoms with van der Waals surface area (Å²) in [5.41, 5.74) is -3.23. The van der Waals surface area contributed by atoms with Gasteiger partial charge in [0.25, 0.3) is 0 Å². The third-order valence-electron chi connectivity index (χ3n) is 8.21. The molecule has 3 fully saturated rings. The second-order valence-corrected chi connectivity index (χ2v) is 9.05. The minimum atomic E-state index is -1.79. The van der Waals surface area contributed by atoms with Crippen LogP contribution >= 0.6 is 0 Å². The van der Waals surface area contributed by atoms with Crippen LogP contribution in [0.5, 0.6) is 0 Å². The lowest BCUT2D eigenvalue weighted by Gasteiger charge is -2.59. The van der Waals surface area contributed by atoms with E-state index in [4.69, 9.17) is 0 Å². The number of hydrogen-bond donors (Lipinski definition) is 3. The number of fused-ring (bicyclic) bond motifs is 5. The Balaban J connectivity index is 0.00000109. The molecule has 0 aliphatic heterocycles. The van der Waals surface area contributed by atoms with Gasteiger partial charge in [0.05, 0.1) is 6.10 Å². The van der Waals surface area contributed by atoms with Gasteiger partial charge in [-0.15, -0.1) is 0 Å². The number of aliphatic hydroxyl groups excluding tert-OH is 2. The number of carbonyl (C=O) groups excluding carboxylic acids is 1. The molecule has 0 saturated heterocycles. The predicted molar refractivity (Wildman–Crippen MR) is 106 cm³/mol. The molecule has 0 aromatic rings. The van der Waals surface area contributed by atoms with Gasteiger partial charge in [-0.25, -0.2) is 4.39 Å². The highest BCUT2D eigenvalue weighted by Crippen LogP contribution is 2.66. The van der Waals surface area contributed by atoms with E-state index in [0.29, 0.717) is 12.8 Å². The van der Waals surface area contributed by atoms with Gasteiger partial charge in [0.1, 0.15) is 12.2 Å². The largest absolute Gasteiger partial charge is 0.390 e. The van der Waals surface area contributed by atoms with Crippen LogP contribution in [-0.2, 0) is 4.79 Å². The molecule has 0 heterocycles. The summed E-state index contributed by atoms with van der Waals surface area (Å²) in [6.07, 6.45) is 7.54. The molecular formula is C23H35FO4. The Labute approximate surface area is 167 Å². The Morgan fingerprint density at radius 2 is 1.96 bits per heavy atom. The first-order valence-electron chi connectivity index (χ1n) is 10.8. The third kappa shape index (κ3) is 2.55. The van der Waals surface area contributed by atoms with Crippen LogP contribution in [0.25, 0.3) is 0 Å².